The van der Waals surface area contributed by atoms with Crippen molar-refractivity contribution in [3.05, 3.63) is 0 Å². The van der Waals surface area contributed by atoms with Crippen LogP contribution >= 0.6 is 0 Å². The first-order valence-corrected chi connectivity index (χ1v) is 10.4. The molecule has 4 fully saturated rings. The Morgan fingerprint density at radius 1 is 0.966 bits per heavy atom. The Hall–Kier alpha value is -1.39. The van der Waals surface area contributed by atoms with Crippen LogP contribution in [0.25, 0.3) is 0 Å². The number of amides is 1. The standard InChI is InChI=1S/C17H28N2O3.C2HF3O2/c20-17(19-8-3-10-22-19)14-7-11-21-16-6-9-18(12-15(14)16)13-4-1-2-5-13;3-2(4,5)1(6)7/h13-16H,1-12H2;(H,6,7)/t14-,15+,16-;/m1./s1. The molecular formula is C19H29F3N2O5. The first-order chi connectivity index (χ1) is 13.8. The van der Waals surface area contributed by atoms with Crippen LogP contribution in [0.15, 0.2) is 0 Å². The average molecular weight is 422 g/mol. The summed E-state index contributed by atoms with van der Waals surface area (Å²) in [6.45, 7) is 4.37. The van der Waals surface area contributed by atoms with E-state index in [1.165, 1.54) is 25.7 Å². The zero-order valence-corrected chi connectivity index (χ0v) is 16.4. The van der Waals surface area contributed by atoms with Crippen LogP contribution in [0.4, 0.5) is 13.2 Å². The second-order valence-corrected chi connectivity index (χ2v) is 8.12. The van der Waals surface area contributed by atoms with E-state index < -0.39 is 12.1 Å². The van der Waals surface area contributed by atoms with Crippen LogP contribution in [-0.4, -0.2) is 78.1 Å². The summed E-state index contributed by atoms with van der Waals surface area (Å²) in [4.78, 5) is 29.9. The highest BCUT2D eigenvalue weighted by molar-refractivity contribution is 5.78. The molecule has 166 valence electrons. The van der Waals surface area contributed by atoms with Gasteiger partial charge in [-0.05, 0) is 32.1 Å². The second-order valence-electron chi connectivity index (χ2n) is 8.12. The molecule has 0 aromatic heterocycles. The molecule has 1 amide bonds. The highest BCUT2D eigenvalue weighted by atomic mass is 19.4. The number of carbonyl (C=O) groups is 2. The normalized spacial score (nSPS) is 31.1. The molecular weight excluding hydrogens is 393 g/mol. The lowest BCUT2D eigenvalue weighted by atomic mass is 9.78. The Morgan fingerprint density at radius 2 is 1.66 bits per heavy atom. The summed E-state index contributed by atoms with van der Waals surface area (Å²) in [6, 6.07) is 0.752. The Kier molecular flexibility index (Phi) is 7.39. The zero-order valence-electron chi connectivity index (χ0n) is 16.4. The number of fused-ring (bicyclic) bond motifs is 1. The number of hydroxylamine groups is 2. The fourth-order valence-electron chi connectivity index (χ4n) is 4.85. The summed E-state index contributed by atoms with van der Waals surface area (Å²) in [6.07, 6.45) is 3.54. The van der Waals surface area contributed by atoms with Crippen molar-refractivity contribution in [1.82, 2.24) is 9.96 Å². The number of likely N-dealkylation sites (tertiary alicyclic amines) is 1. The third kappa shape index (κ3) is 5.61. The molecule has 29 heavy (non-hydrogen) atoms. The van der Waals surface area contributed by atoms with Crippen LogP contribution in [0.1, 0.15) is 44.9 Å². The number of halogens is 3. The molecule has 1 aliphatic carbocycles. The third-order valence-electron chi connectivity index (χ3n) is 6.30. The lowest BCUT2D eigenvalue weighted by molar-refractivity contribution is -0.192. The van der Waals surface area contributed by atoms with E-state index in [4.69, 9.17) is 19.5 Å². The predicted molar refractivity (Wildman–Crippen MR) is 95.8 cm³/mol. The number of piperidine rings is 1. The fraction of sp³-hybridized carbons (Fsp3) is 0.895. The number of rotatable bonds is 2. The van der Waals surface area contributed by atoms with Crippen LogP contribution in [0.5, 0.6) is 0 Å². The smallest absolute Gasteiger partial charge is 0.475 e. The molecule has 0 aromatic carbocycles. The van der Waals surface area contributed by atoms with Crippen LogP contribution in [0.2, 0.25) is 0 Å². The minimum absolute atomic E-state index is 0.0982. The monoisotopic (exact) mass is 422 g/mol. The van der Waals surface area contributed by atoms with Gasteiger partial charge in [0, 0.05) is 37.6 Å². The summed E-state index contributed by atoms with van der Waals surface area (Å²) in [5.74, 6) is -2.09. The highest BCUT2D eigenvalue weighted by Gasteiger charge is 2.45. The molecule has 7 nitrogen and oxygen atoms in total. The number of hydrogen-bond donors (Lipinski definition) is 1. The van der Waals surface area contributed by atoms with Crippen LogP contribution < -0.4 is 0 Å². The minimum Gasteiger partial charge on any atom is -0.475 e. The van der Waals surface area contributed by atoms with E-state index in [-0.39, 0.29) is 17.9 Å². The van der Waals surface area contributed by atoms with Gasteiger partial charge in [0.05, 0.1) is 19.3 Å². The molecule has 10 heteroatoms. The quantitative estimate of drug-likeness (QED) is 0.737. The summed E-state index contributed by atoms with van der Waals surface area (Å²) in [5, 5.41) is 8.75. The average Bonchev–Trinajstić information content (AvgIpc) is 3.40. The van der Waals surface area contributed by atoms with E-state index in [0.717, 1.165) is 51.5 Å². The van der Waals surface area contributed by atoms with Crippen molar-refractivity contribution in [3.8, 4) is 0 Å². The molecule has 1 saturated carbocycles. The van der Waals surface area contributed by atoms with Gasteiger partial charge in [0.15, 0.2) is 0 Å². The highest BCUT2D eigenvalue weighted by Crippen LogP contribution is 2.37. The minimum atomic E-state index is -5.08. The summed E-state index contributed by atoms with van der Waals surface area (Å²) >= 11 is 0. The third-order valence-corrected chi connectivity index (χ3v) is 6.30. The zero-order chi connectivity index (χ0) is 21.0. The Bertz CT molecular complexity index is 577. The topological polar surface area (TPSA) is 79.3 Å². The van der Waals surface area contributed by atoms with Gasteiger partial charge in [0.25, 0.3) is 0 Å². The Balaban J connectivity index is 0.000000298. The molecule has 0 aromatic rings. The van der Waals surface area contributed by atoms with Crippen molar-refractivity contribution in [3.63, 3.8) is 0 Å². The summed E-state index contributed by atoms with van der Waals surface area (Å²) in [5.41, 5.74) is 0. The molecule has 0 radical (unpaired) electrons. The van der Waals surface area contributed by atoms with Gasteiger partial charge in [0.1, 0.15) is 0 Å². The van der Waals surface area contributed by atoms with E-state index in [9.17, 15) is 18.0 Å². The van der Waals surface area contributed by atoms with Gasteiger partial charge in [-0.1, -0.05) is 12.8 Å². The van der Waals surface area contributed by atoms with Crippen molar-refractivity contribution in [2.75, 3.05) is 32.8 Å². The van der Waals surface area contributed by atoms with Gasteiger partial charge in [0.2, 0.25) is 5.91 Å². The first kappa shape index (κ1) is 22.3. The molecule has 0 unspecified atom stereocenters. The summed E-state index contributed by atoms with van der Waals surface area (Å²) in [7, 11) is 0. The van der Waals surface area contributed by atoms with E-state index in [2.05, 4.69) is 4.90 Å². The first-order valence-electron chi connectivity index (χ1n) is 10.4. The Morgan fingerprint density at radius 3 is 2.24 bits per heavy atom. The van der Waals surface area contributed by atoms with E-state index in [0.29, 0.717) is 12.5 Å². The van der Waals surface area contributed by atoms with E-state index >= 15 is 0 Å². The van der Waals surface area contributed by atoms with Gasteiger partial charge < -0.3 is 9.84 Å². The summed E-state index contributed by atoms with van der Waals surface area (Å²) < 4.78 is 37.7. The van der Waals surface area contributed by atoms with Gasteiger partial charge in [-0.3, -0.25) is 14.5 Å². The molecule has 0 bridgehead atoms. The van der Waals surface area contributed by atoms with Crippen molar-refractivity contribution in [2.45, 2.75) is 63.3 Å². The van der Waals surface area contributed by atoms with Crippen molar-refractivity contribution in [2.24, 2.45) is 11.8 Å². The maximum absolute atomic E-state index is 12.8. The molecule has 4 rings (SSSR count). The van der Waals surface area contributed by atoms with E-state index in [1.807, 2.05) is 0 Å². The van der Waals surface area contributed by atoms with Crippen LogP contribution in [0, 0.1) is 11.8 Å². The van der Waals surface area contributed by atoms with Gasteiger partial charge in [-0.2, -0.15) is 13.2 Å². The number of hydrogen-bond acceptors (Lipinski definition) is 5. The molecule has 3 atom stereocenters. The van der Waals surface area contributed by atoms with Crippen LogP contribution in [0.3, 0.4) is 0 Å². The predicted octanol–water partition coefficient (Wildman–Crippen LogP) is 2.45. The van der Waals surface area contributed by atoms with Gasteiger partial charge in [-0.25, -0.2) is 9.86 Å². The second kappa shape index (κ2) is 9.61. The number of carboxylic acids is 1. The molecule has 1 N–H and O–H groups in total. The number of alkyl halides is 3. The number of carbonyl (C=O) groups excluding carboxylic acids is 1. The largest absolute Gasteiger partial charge is 0.490 e. The van der Waals surface area contributed by atoms with Crippen molar-refractivity contribution in [1.29, 1.82) is 0 Å². The van der Waals surface area contributed by atoms with Crippen LogP contribution in [-0.2, 0) is 19.2 Å². The molecule has 0 spiro atoms. The van der Waals surface area contributed by atoms with Crippen molar-refractivity contribution < 1.29 is 37.4 Å². The lowest BCUT2D eigenvalue weighted by Crippen LogP contribution is -2.55. The molecule has 4 aliphatic rings. The number of nitrogens with zero attached hydrogens (tertiary/aromatic N) is 2. The van der Waals surface area contributed by atoms with Crippen molar-refractivity contribution >= 4 is 11.9 Å². The number of carboxylic acid groups (broad SMARTS) is 1. The van der Waals surface area contributed by atoms with Gasteiger partial charge in [-0.15, -0.1) is 0 Å². The molecule has 3 saturated heterocycles. The van der Waals surface area contributed by atoms with Gasteiger partial charge >= 0.3 is 12.1 Å². The number of aliphatic carboxylic acids is 1. The maximum atomic E-state index is 12.8. The SMILES string of the molecule is O=C(O)C(F)(F)F.O=C([C@@H]1CCO[C@@H]2CCN(C3CCCC3)C[C@H]21)N1CCCO1. The Labute approximate surface area is 168 Å². The lowest BCUT2D eigenvalue weighted by Gasteiger charge is -2.46. The maximum Gasteiger partial charge on any atom is 0.490 e. The molecule has 3 aliphatic heterocycles. The number of ether oxygens (including phenoxy) is 1. The van der Waals surface area contributed by atoms with E-state index in [1.54, 1.807) is 5.06 Å². The fourth-order valence-corrected chi connectivity index (χ4v) is 4.85. The molecule has 3 heterocycles.